The van der Waals surface area contributed by atoms with Gasteiger partial charge in [-0.15, -0.1) is 54.1 Å². The third-order valence-electron chi connectivity index (χ3n) is 8.47. The van der Waals surface area contributed by atoms with E-state index >= 15 is 0 Å². The van der Waals surface area contributed by atoms with Gasteiger partial charge in [-0.2, -0.15) is 0 Å². The van der Waals surface area contributed by atoms with E-state index in [-0.39, 0.29) is 25.7 Å². The molecule has 3 aromatic heterocycles. The molecule has 0 bridgehead atoms. The quantitative estimate of drug-likeness (QED) is 0.124. The molecular weight excluding hydrogens is 793 g/mol. The van der Waals surface area contributed by atoms with Crippen LogP contribution < -0.4 is 5.19 Å². The molecule has 49 heavy (non-hydrogen) atoms. The fourth-order valence-corrected chi connectivity index (χ4v) is 7.50. The van der Waals surface area contributed by atoms with E-state index in [2.05, 4.69) is 72.1 Å². The number of nitrogens with zero attached hydrogens (tertiary/aromatic N) is 2. The van der Waals surface area contributed by atoms with Crippen LogP contribution in [0.25, 0.3) is 55.6 Å². The average Bonchev–Trinajstić information content (AvgIpc) is 3.49. The van der Waals surface area contributed by atoms with E-state index < -0.39 is 26.7 Å². The van der Waals surface area contributed by atoms with Crippen LogP contribution in [0.5, 0.6) is 0 Å². The topological polar surface area (TPSA) is 38.9 Å². The van der Waals surface area contributed by atoms with Gasteiger partial charge in [0.15, 0.2) is 0 Å². The molecule has 3 heterocycles. The minimum Gasteiger partial charge on any atom is -0.501 e. The van der Waals surface area contributed by atoms with Gasteiger partial charge < -0.3 is 14.4 Å². The van der Waals surface area contributed by atoms with Crippen LogP contribution in [-0.4, -0.2) is 18.0 Å². The van der Waals surface area contributed by atoms with Crippen molar-refractivity contribution < 1.29 is 31.4 Å². The Kier molecular flexibility index (Phi) is 9.21. The molecule has 4 aromatic carbocycles. The molecule has 0 N–H and O–H groups in total. The summed E-state index contributed by atoms with van der Waals surface area (Å²) in [6, 6.07) is 38.1. The molecule has 0 saturated heterocycles. The van der Waals surface area contributed by atoms with Crippen LogP contribution in [0.2, 0.25) is 19.6 Å². The summed E-state index contributed by atoms with van der Waals surface area (Å²) >= 11 is 0. The molecule has 1 radical (unpaired) electrons. The van der Waals surface area contributed by atoms with Crippen LogP contribution in [0.15, 0.2) is 114 Å². The van der Waals surface area contributed by atoms with Crippen molar-refractivity contribution in [1.29, 1.82) is 0 Å². The van der Waals surface area contributed by atoms with Crippen molar-refractivity contribution in [2.24, 2.45) is 0 Å². The van der Waals surface area contributed by atoms with Gasteiger partial charge in [0.2, 0.25) is 0 Å². The predicted octanol–water partition coefficient (Wildman–Crippen LogP) is 11.8. The zero-order valence-electron chi connectivity index (χ0n) is 34.0. The number of aryl methyl sites for hydroxylation is 1. The Hall–Kier alpha value is -4.15. The second-order valence-electron chi connectivity index (χ2n) is 13.5. The first kappa shape index (κ1) is 29.7. The first-order valence-corrected chi connectivity index (χ1v) is 19.7. The third-order valence-corrected chi connectivity index (χ3v) is 10.5. The SMILES string of the molecule is [2H]C(C)(C)c1cc(-c2[c-]cccc2)ncc1[Si](C)(C)C.[2H]C([2H])([2H])c1cnc(-c2[c-]ccc3c2oc2cc(-c4ccccc4)ccc23)cc1C([2H])(C)C.[Ir]. The van der Waals surface area contributed by atoms with Crippen molar-refractivity contribution in [3.8, 4) is 33.6 Å². The normalized spacial score (nSPS) is 13.7. The van der Waals surface area contributed by atoms with Gasteiger partial charge in [-0.3, -0.25) is 0 Å². The summed E-state index contributed by atoms with van der Waals surface area (Å²) in [6.45, 7) is 11.8. The maximum atomic E-state index is 8.50. The van der Waals surface area contributed by atoms with Crippen LogP contribution in [0.1, 0.15) is 63.0 Å². The summed E-state index contributed by atoms with van der Waals surface area (Å²) in [5, 5.41) is 3.20. The van der Waals surface area contributed by atoms with Gasteiger partial charge in [0, 0.05) is 44.7 Å². The number of furan rings is 1. The first-order valence-electron chi connectivity index (χ1n) is 18.7. The Morgan fingerprint density at radius 2 is 1.43 bits per heavy atom. The van der Waals surface area contributed by atoms with Gasteiger partial charge in [-0.1, -0.05) is 118 Å². The molecule has 0 aliphatic rings. The number of pyridine rings is 2. The fraction of sp³-hybridized carbons (Fsp3) is 0.227. The molecule has 0 aliphatic carbocycles. The van der Waals surface area contributed by atoms with Crippen LogP contribution in [-0.2, 0) is 20.1 Å². The van der Waals surface area contributed by atoms with E-state index in [0.717, 1.165) is 44.3 Å². The van der Waals surface area contributed by atoms with Crippen LogP contribution in [0.3, 0.4) is 0 Å². The van der Waals surface area contributed by atoms with Crippen LogP contribution >= 0.6 is 0 Å². The fourth-order valence-electron chi connectivity index (χ4n) is 5.91. The van der Waals surface area contributed by atoms with Crippen LogP contribution in [0, 0.1) is 19.0 Å². The molecule has 0 aliphatic heterocycles. The molecule has 7 rings (SSSR count). The minimum atomic E-state index is -2.35. The Morgan fingerprint density at radius 1 is 0.714 bits per heavy atom. The average molecular weight is 842 g/mol. The molecule has 0 atom stereocenters. The number of rotatable bonds is 6. The van der Waals surface area contributed by atoms with Crippen molar-refractivity contribution in [2.75, 3.05) is 0 Å². The van der Waals surface area contributed by atoms with E-state index in [0.29, 0.717) is 22.4 Å². The molecule has 0 amide bonds. The van der Waals surface area contributed by atoms with Crippen molar-refractivity contribution in [2.45, 2.75) is 66.0 Å². The van der Waals surface area contributed by atoms with Crippen molar-refractivity contribution in [1.82, 2.24) is 9.97 Å². The Morgan fingerprint density at radius 3 is 2.10 bits per heavy atom. The largest absolute Gasteiger partial charge is 0.501 e. The zero-order chi connectivity index (χ0) is 38.3. The molecule has 0 fully saturated rings. The monoisotopic (exact) mass is 842 g/mol. The van der Waals surface area contributed by atoms with Crippen molar-refractivity contribution >= 4 is 35.2 Å². The maximum Gasteiger partial charge on any atom is 0.121 e. The van der Waals surface area contributed by atoms with E-state index in [1.165, 1.54) is 11.4 Å². The standard InChI is InChI=1S/C27H22NO.C17H22NSi.Ir/c1-17(2)24-15-25(28-16-18(24)3)23-11-7-10-22-21-13-12-20(14-26(21)29-27(22)23)19-8-5-4-6-9-19;1-13(2)15-11-16(14-9-7-6-8-10-14)18-12-17(15)19(3,4)5;/h4-10,12-17H,1-3H3;6-9,11-13H,1-5H3;/q2*-1;/i3D3,17D;13D;. The molecule has 7 aromatic rings. The minimum absolute atomic E-state index is 0. The smallest absolute Gasteiger partial charge is 0.121 e. The molecule has 5 heteroatoms. The molecule has 0 unspecified atom stereocenters. The third kappa shape index (κ3) is 7.86. The second kappa shape index (κ2) is 15.2. The molecule has 3 nitrogen and oxygen atoms in total. The zero-order valence-corrected chi connectivity index (χ0v) is 32.4. The summed E-state index contributed by atoms with van der Waals surface area (Å²) < 4.78 is 46.8. The van der Waals surface area contributed by atoms with Gasteiger partial charge in [-0.05, 0) is 63.5 Å². The van der Waals surface area contributed by atoms with E-state index in [1.54, 1.807) is 19.9 Å². The van der Waals surface area contributed by atoms with Crippen LogP contribution in [0.4, 0.5) is 0 Å². The van der Waals surface area contributed by atoms with Crippen molar-refractivity contribution in [3.63, 3.8) is 0 Å². The van der Waals surface area contributed by atoms with Gasteiger partial charge in [0.25, 0.3) is 0 Å². The van der Waals surface area contributed by atoms with E-state index in [9.17, 15) is 0 Å². The first-order chi connectivity index (χ1) is 24.8. The number of hydrogen-bond acceptors (Lipinski definition) is 3. The number of hydrogen-bond donors (Lipinski definition) is 0. The number of benzene rings is 4. The molecule has 0 saturated carbocycles. The van der Waals surface area contributed by atoms with Gasteiger partial charge in [0.05, 0.1) is 13.7 Å². The van der Waals surface area contributed by atoms with E-state index in [1.807, 2.05) is 80.7 Å². The molecule has 251 valence electrons. The summed E-state index contributed by atoms with van der Waals surface area (Å²) in [6.07, 6.45) is 3.34. The second-order valence-corrected chi connectivity index (χ2v) is 18.6. The van der Waals surface area contributed by atoms with Gasteiger partial charge in [-0.25, -0.2) is 0 Å². The Labute approximate surface area is 313 Å². The summed E-state index contributed by atoms with van der Waals surface area (Å²) in [4.78, 5) is 9.05. The van der Waals surface area contributed by atoms with E-state index in [4.69, 9.17) is 11.3 Å². The Balaban J connectivity index is 0.000000230. The van der Waals surface area contributed by atoms with Gasteiger partial charge in [0.1, 0.15) is 5.58 Å². The van der Waals surface area contributed by atoms with Gasteiger partial charge >= 0.3 is 0 Å². The predicted molar refractivity (Wildman–Crippen MR) is 206 cm³/mol. The Bertz CT molecular complexity index is 2390. The molecule has 0 spiro atoms. The maximum absolute atomic E-state index is 8.50. The molecular formula is C44H44IrN2OSi-2. The number of aromatic nitrogens is 2. The summed E-state index contributed by atoms with van der Waals surface area (Å²) in [7, 11) is -1.50. The number of fused-ring (bicyclic) bond motifs is 3. The summed E-state index contributed by atoms with van der Waals surface area (Å²) in [5.74, 6) is -1.71. The summed E-state index contributed by atoms with van der Waals surface area (Å²) in [5.41, 5.74) is 8.24. The van der Waals surface area contributed by atoms with Crippen molar-refractivity contribution in [3.05, 3.63) is 138 Å².